The molecule has 0 heterocycles. The van der Waals surface area contributed by atoms with Gasteiger partial charge in [-0.15, -0.1) is 11.8 Å². The Morgan fingerprint density at radius 2 is 1.59 bits per heavy atom. The van der Waals surface area contributed by atoms with Crippen LogP contribution in [0.25, 0.3) is 0 Å². The van der Waals surface area contributed by atoms with Gasteiger partial charge in [0.25, 0.3) is 0 Å². The van der Waals surface area contributed by atoms with Gasteiger partial charge in [-0.25, -0.2) is 0 Å². The van der Waals surface area contributed by atoms with E-state index >= 15 is 0 Å². The summed E-state index contributed by atoms with van der Waals surface area (Å²) in [7, 11) is 0. The SMILES string of the molecule is CCOc1ccc(NC(=O)CSCC(=O)c2ccc(OC(C)C)cc2)cc1. The molecule has 27 heavy (non-hydrogen) atoms. The first kappa shape index (κ1) is 20.8. The number of ketones is 1. The number of amides is 1. The van der Waals surface area contributed by atoms with Crippen LogP contribution in [0, 0.1) is 0 Å². The number of hydrogen-bond acceptors (Lipinski definition) is 5. The van der Waals surface area contributed by atoms with Crippen LogP contribution in [0.1, 0.15) is 31.1 Å². The minimum absolute atomic E-state index is 0.00929. The molecular weight excluding hydrogens is 362 g/mol. The van der Waals surface area contributed by atoms with Crippen LogP contribution < -0.4 is 14.8 Å². The van der Waals surface area contributed by atoms with Gasteiger partial charge in [0.05, 0.1) is 24.2 Å². The van der Waals surface area contributed by atoms with Crippen molar-refractivity contribution in [3.8, 4) is 11.5 Å². The van der Waals surface area contributed by atoms with Crippen LogP contribution in [0.3, 0.4) is 0 Å². The molecule has 0 fully saturated rings. The summed E-state index contributed by atoms with van der Waals surface area (Å²) in [6.45, 7) is 6.42. The Morgan fingerprint density at radius 1 is 0.963 bits per heavy atom. The number of hydrogen-bond donors (Lipinski definition) is 1. The fraction of sp³-hybridized carbons (Fsp3) is 0.333. The standard InChI is InChI=1S/C21H25NO4S/c1-4-25-18-11-7-17(8-12-18)22-21(24)14-27-13-20(23)16-5-9-19(10-6-16)26-15(2)3/h5-12,15H,4,13-14H2,1-3H3,(H,22,24). The second-order valence-corrected chi connectivity index (χ2v) is 7.10. The normalized spacial score (nSPS) is 10.5. The number of anilines is 1. The lowest BCUT2D eigenvalue weighted by Gasteiger charge is -2.10. The van der Waals surface area contributed by atoms with Gasteiger partial charge in [0.15, 0.2) is 5.78 Å². The fourth-order valence-corrected chi connectivity index (χ4v) is 3.02. The summed E-state index contributed by atoms with van der Waals surface area (Å²) in [5, 5.41) is 2.81. The van der Waals surface area contributed by atoms with E-state index in [1.165, 1.54) is 11.8 Å². The number of nitrogens with one attached hydrogen (secondary N) is 1. The van der Waals surface area contributed by atoms with Crippen molar-refractivity contribution >= 4 is 29.1 Å². The Morgan fingerprint density at radius 3 is 2.19 bits per heavy atom. The Labute approximate surface area is 164 Å². The number of benzene rings is 2. The summed E-state index contributed by atoms with van der Waals surface area (Å²) < 4.78 is 10.9. The van der Waals surface area contributed by atoms with Gasteiger partial charge in [0.1, 0.15) is 11.5 Å². The van der Waals surface area contributed by atoms with Gasteiger partial charge in [-0.05, 0) is 69.3 Å². The van der Waals surface area contributed by atoms with Crippen molar-refractivity contribution in [2.45, 2.75) is 26.9 Å². The first-order valence-corrected chi connectivity index (χ1v) is 10.0. The molecule has 0 aliphatic heterocycles. The van der Waals surface area contributed by atoms with Crippen LogP contribution >= 0.6 is 11.8 Å². The molecule has 144 valence electrons. The lowest BCUT2D eigenvalue weighted by Crippen LogP contribution is -2.15. The molecule has 1 amide bonds. The van der Waals surface area contributed by atoms with Gasteiger partial charge in [-0.3, -0.25) is 9.59 Å². The van der Waals surface area contributed by atoms with Crippen molar-refractivity contribution in [1.82, 2.24) is 0 Å². The van der Waals surface area contributed by atoms with Gasteiger partial charge in [-0.1, -0.05) is 0 Å². The third kappa shape index (κ3) is 7.35. The number of carbonyl (C=O) groups is 2. The number of rotatable bonds is 10. The van der Waals surface area contributed by atoms with Crippen molar-refractivity contribution in [3.05, 3.63) is 54.1 Å². The Kier molecular flexibility index (Phi) is 8.20. The van der Waals surface area contributed by atoms with Crippen molar-refractivity contribution in [3.63, 3.8) is 0 Å². The molecule has 0 bridgehead atoms. The van der Waals surface area contributed by atoms with E-state index in [0.717, 1.165) is 11.5 Å². The number of ether oxygens (including phenoxy) is 2. The Bertz CT molecular complexity index is 742. The average Bonchev–Trinajstić information content (AvgIpc) is 2.63. The molecule has 2 aromatic rings. The van der Waals surface area contributed by atoms with Gasteiger partial charge in [0.2, 0.25) is 5.91 Å². The van der Waals surface area contributed by atoms with E-state index in [4.69, 9.17) is 9.47 Å². The Balaban J connectivity index is 1.74. The number of thioether (sulfide) groups is 1. The van der Waals surface area contributed by atoms with Crippen LogP contribution in [0.15, 0.2) is 48.5 Å². The molecule has 0 radical (unpaired) electrons. The third-order valence-electron chi connectivity index (χ3n) is 3.46. The van der Waals surface area contributed by atoms with Crippen molar-refractivity contribution < 1.29 is 19.1 Å². The predicted octanol–water partition coefficient (Wildman–Crippen LogP) is 4.43. The second kappa shape index (κ2) is 10.6. The zero-order chi connectivity index (χ0) is 19.6. The summed E-state index contributed by atoms with van der Waals surface area (Å²) in [5.41, 5.74) is 1.32. The molecule has 2 aromatic carbocycles. The minimum atomic E-state index is -0.141. The largest absolute Gasteiger partial charge is 0.494 e. The molecule has 0 spiro atoms. The molecule has 0 saturated carbocycles. The highest BCUT2D eigenvalue weighted by molar-refractivity contribution is 8.00. The summed E-state index contributed by atoms with van der Waals surface area (Å²) in [6.07, 6.45) is 0.0935. The van der Waals surface area contributed by atoms with Crippen LogP contribution in [-0.2, 0) is 4.79 Å². The summed E-state index contributed by atoms with van der Waals surface area (Å²) in [6, 6.07) is 14.3. The van der Waals surface area contributed by atoms with Crippen molar-refractivity contribution in [2.75, 3.05) is 23.4 Å². The van der Waals surface area contributed by atoms with Crippen LogP contribution in [0.2, 0.25) is 0 Å². The topological polar surface area (TPSA) is 64.6 Å². The molecule has 0 unspecified atom stereocenters. The second-order valence-electron chi connectivity index (χ2n) is 6.11. The van der Waals surface area contributed by atoms with Crippen LogP contribution in [-0.4, -0.2) is 35.9 Å². The average molecular weight is 388 g/mol. The van der Waals surface area contributed by atoms with Gasteiger partial charge in [-0.2, -0.15) is 0 Å². The van der Waals surface area contributed by atoms with E-state index in [-0.39, 0.29) is 29.3 Å². The first-order chi connectivity index (χ1) is 13.0. The van der Waals surface area contributed by atoms with E-state index in [0.29, 0.717) is 17.9 Å². The smallest absolute Gasteiger partial charge is 0.234 e. The van der Waals surface area contributed by atoms with Crippen molar-refractivity contribution in [2.24, 2.45) is 0 Å². The third-order valence-corrected chi connectivity index (χ3v) is 4.40. The van der Waals surface area contributed by atoms with E-state index in [1.807, 2.05) is 32.9 Å². The van der Waals surface area contributed by atoms with Gasteiger partial charge >= 0.3 is 0 Å². The van der Waals surface area contributed by atoms with Gasteiger partial charge < -0.3 is 14.8 Å². The number of carbonyl (C=O) groups excluding carboxylic acids is 2. The highest BCUT2D eigenvalue weighted by Crippen LogP contribution is 2.17. The maximum absolute atomic E-state index is 12.2. The molecule has 0 saturated heterocycles. The molecule has 0 atom stereocenters. The maximum Gasteiger partial charge on any atom is 0.234 e. The van der Waals surface area contributed by atoms with Gasteiger partial charge in [0, 0.05) is 11.3 Å². The summed E-state index contributed by atoms with van der Waals surface area (Å²) in [4.78, 5) is 24.2. The quantitative estimate of drug-likeness (QED) is 0.611. The minimum Gasteiger partial charge on any atom is -0.494 e. The molecule has 5 nitrogen and oxygen atoms in total. The lowest BCUT2D eigenvalue weighted by molar-refractivity contribution is -0.113. The van der Waals surface area contributed by atoms with E-state index in [1.54, 1.807) is 36.4 Å². The van der Waals surface area contributed by atoms with Crippen molar-refractivity contribution in [1.29, 1.82) is 0 Å². The lowest BCUT2D eigenvalue weighted by atomic mass is 10.1. The predicted molar refractivity (Wildman–Crippen MR) is 110 cm³/mol. The summed E-state index contributed by atoms with van der Waals surface area (Å²) in [5.74, 6) is 1.82. The summed E-state index contributed by atoms with van der Waals surface area (Å²) >= 11 is 1.29. The molecular formula is C21H25NO4S. The molecule has 0 aliphatic carbocycles. The molecule has 1 N–H and O–H groups in total. The highest BCUT2D eigenvalue weighted by atomic mass is 32.2. The zero-order valence-electron chi connectivity index (χ0n) is 15.9. The molecule has 0 aliphatic rings. The van der Waals surface area contributed by atoms with E-state index < -0.39 is 0 Å². The maximum atomic E-state index is 12.2. The molecule has 2 rings (SSSR count). The zero-order valence-corrected chi connectivity index (χ0v) is 16.7. The fourth-order valence-electron chi connectivity index (χ4n) is 2.31. The van der Waals surface area contributed by atoms with E-state index in [2.05, 4.69) is 5.32 Å². The monoisotopic (exact) mass is 387 g/mol. The highest BCUT2D eigenvalue weighted by Gasteiger charge is 2.09. The van der Waals surface area contributed by atoms with Crippen LogP contribution in [0.5, 0.6) is 11.5 Å². The molecule has 6 heteroatoms. The number of Topliss-reactive ketones (excluding diaryl/α,β-unsaturated/α-hetero) is 1. The van der Waals surface area contributed by atoms with Crippen LogP contribution in [0.4, 0.5) is 5.69 Å². The Hall–Kier alpha value is -2.47. The van der Waals surface area contributed by atoms with E-state index in [9.17, 15) is 9.59 Å². The molecule has 0 aromatic heterocycles. The first-order valence-electron chi connectivity index (χ1n) is 8.88.